The summed E-state index contributed by atoms with van der Waals surface area (Å²) in [7, 11) is 3.68. The van der Waals surface area contributed by atoms with Crippen molar-refractivity contribution in [1.82, 2.24) is 0 Å². The molecule has 0 spiro atoms. The number of benzene rings is 2. The minimum absolute atomic E-state index is 0.271. The predicted molar refractivity (Wildman–Crippen MR) is 77.3 cm³/mol. The van der Waals surface area contributed by atoms with Gasteiger partial charge in [0.1, 0.15) is 5.75 Å². The normalized spacial score (nSPS) is 11.3. The summed E-state index contributed by atoms with van der Waals surface area (Å²) in [6.45, 7) is 0. The summed E-state index contributed by atoms with van der Waals surface area (Å²) in [5, 5.41) is 0. The third-order valence-electron chi connectivity index (χ3n) is 2.96. The molecular weight excluding hydrogens is 281 g/mol. The largest absolute Gasteiger partial charge is 0.573 e. The smallest absolute Gasteiger partial charge is 0.405 e. The highest BCUT2D eigenvalue weighted by Crippen LogP contribution is 2.38. The first-order chi connectivity index (χ1) is 9.78. The van der Waals surface area contributed by atoms with Crippen LogP contribution in [-0.4, -0.2) is 20.5 Å². The van der Waals surface area contributed by atoms with E-state index < -0.39 is 6.36 Å². The van der Waals surface area contributed by atoms with E-state index in [1.54, 1.807) is 30.3 Å². The Labute approximate surface area is 120 Å². The van der Waals surface area contributed by atoms with Crippen LogP contribution in [0.2, 0.25) is 0 Å². The van der Waals surface area contributed by atoms with Crippen molar-refractivity contribution in [3.05, 3.63) is 42.5 Å². The Hall–Kier alpha value is -2.37. The van der Waals surface area contributed by atoms with Crippen LogP contribution in [0.1, 0.15) is 0 Å². The molecule has 2 rings (SSSR count). The standard InChI is InChI=1S/C15H15F3N2O/c1-20(2)10-7-8-13(19)12(9-10)11-5-3-4-6-14(11)21-15(16,17)18/h3-9H,19H2,1-2H3. The lowest BCUT2D eigenvalue weighted by Gasteiger charge is -2.18. The molecule has 0 atom stereocenters. The molecule has 0 bridgehead atoms. The molecular formula is C15H15F3N2O. The Bertz CT molecular complexity index is 639. The summed E-state index contributed by atoms with van der Waals surface area (Å²) >= 11 is 0. The van der Waals surface area contributed by atoms with Crippen LogP contribution in [0.3, 0.4) is 0 Å². The van der Waals surface area contributed by atoms with Crippen LogP contribution in [0.4, 0.5) is 24.5 Å². The monoisotopic (exact) mass is 296 g/mol. The van der Waals surface area contributed by atoms with Gasteiger partial charge in [0.05, 0.1) is 0 Å². The topological polar surface area (TPSA) is 38.5 Å². The summed E-state index contributed by atoms with van der Waals surface area (Å²) in [5.74, 6) is -0.271. The lowest BCUT2D eigenvalue weighted by atomic mass is 10.0. The highest BCUT2D eigenvalue weighted by molar-refractivity contribution is 5.83. The molecule has 6 heteroatoms. The second kappa shape index (κ2) is 5.55. The first-order valence-electron chi connectivity index (χ1n) is 6.20. The van der Waals surface area contributed by atoms with Crippen molar-refractivity contribution in [2.24, 2.45) is 0 Å². The number of nitrogen functional groups attached to an aromatic ring is 1. The van der Waals surface area contributed by atoms with Crippen molar-refractivity contribution in [2.75, 3.05) is 24.7 Å². The van der Waals surface area contributed by atoms with E-state index in [-0.39, 0.29) is 5.75 Å². The predicted octanol–water partition coefficient (Wildman–Crippen LogP) is 3.90. The lowest BCUT2D eigenvalue weighted by Crippen LogP contribution is -2.17. The molecule has 0 unspecified atom stereocenters. The highest BCUT2D eigenvalue weighted by atomic mass is 19.4. The van der Waals surface area contributed by atoms with Crippen molar-refractivity contribution in [1.29, 1.82) is 0 Å². The molecule has 2 aromatic carbocycles. The second-order valence-electron chi connectivity index (χ2n) is 4.71. The molecule has 0 aliphatic rings. The highest BCUT2D eigenvalue weighted by Gasteiger charge is 2.32. The third kappa shape index (κ3) is 3.59. The molecule has 21 heavy (non-hydrogen) atoms. The number of para-hydroxylation sites is 1. The van der Waals surface area contributed by atoms with Crippen LogP contribution < -0.4 is 15.4 Å². The van der Waals surface area contributed by atoms with Gasteiger partial charge in [0.25, 0.3) is 0 Å². The molecule has 2 aromatic rings. The summed E-state index contributed by atoms with van der Waals surface area (Å²) in [6, 6.07) is 11.1. The van der Waals surface area contributed by atoms with E-state index in [0.717, 1.165) is 5.69 Å². The van der Waals surface area contributed by atoms with Crippen LogP contribution >= 0.6 is 0 Å². The summed E-state index contributed by atoms with van der Waals surface area (Å²) in [4.78, 5) is 1.84. The lowest BCUT2D eigenvalue weighted by molar-refractivity contribution is -0.274. The van der Waals surface area contributed by atoms with E-state index >= 15 is 0 Å². The third-order valence-corrected chi connectivity index (χ3v) is 2.96. The number of alkyl halides is 3. The fraction of sp³-hybridized carbons (Fsp3) is 0.200. The fourth-order valence-corrected chi connectivity index (χ4v) is 1.96. The maximum Gasteiger partial charge on any atom is 0.573 e. The van der Waals surface area contributed by atoms with Crippen LogP contribution in [0, 0.1) is 0 Å². The SMILES string of the molecule is CN(C)c1ccc(N)c(-c2ccccc2OC(F)(F)F)c1. The van der Waals surface area contributed by atoms with Crippen LogP contribution in [-0.2, 0) is 0 Å². The van der Waals surface area contributed by atoms with E-state index in [0.29, 0.717) is 16.8 Å². The van der Waals surface area contributed by atoms with Gasteiger partial charge in [-0.25, -0.2) is 0 Å². The van der Waals surface area contributed by atoms with Gasteiger partial charge in [-0.1, -0.05) is 18.2 Å². The number of anilines is 2. The molecule has 112 valence electrons. The number of nitrogens with zero attached hydrogens (tertiary/aromatic N) is 1. The number of rotatable bonds is 3. The summed E-state index contributed by atoms with van der Waals surface area (Å²) < 4.78 is 41.5. The molecule has 2 N–H and O–H groups in total. The molecule has 0 saturated carbocycles. The first kappa shape index (κ1) is 15.0. The molecule has 0 aromatic heterocycles. The average molecular weight is 296 g/mol. The Morgan fingerprint density at radius 3 is 2.29 bits per heavy atom. The van der Waals surface area contributed by atoms with E-state index in [1.165, 1.54) is 12.1 Å². The number of halogens is 3. The van der Waals surface area contributed by atoms with Crippen LogP contribution in [0.15, 0.2) is 42.5 Å². The Morgan fingerprint density at radius 2 is 1.67 bits per heavy atom. The summed E-state index contributed by atoms with van der Waals surface area (Å²) in [6.07, 6.45) is -4.75. The molecule has 0 fully saturated rings. The van der Waals surface area contributed by atoms with E-state index in [2.05, 4.69) is 4.74 Å². The van der Waals surface area contributed by atoms with Gasteiger partial charge in [0.15, 0.2) is 0 Å². The minimum atomic E-state index is -4.75. The Morgan fingerprint density at radius 1 is 1.00 bits per heavy atom. The molecule has 3 nitrogen and oxygen atoms in total. The van der Waals surface area contributed by atoms with Gasteiger partial charge in [-0.2, -0.15) is 0 Å². The van der Waals surface area contributed by atoms with E-state index in [4.69, 9.17) is 5.73 Å². The second-order valence-corrected chi connectivity index (χ2v) is 4.71. The maximum absolute atomic E-state index is 12.5. The van der Waals surface area contributed by atoms with E-state index in [1.807, 2.05) is 19.0 Å². The number of hydrogen-bond acceptors (Lipinski definition) is 3. The molecule has 0 saturated heterocycles. The zero-order valence-corrected chi connectivity index (χ0v) is 11.6. The number of ether oxygens (including phenoxy) is 1. The average Bonchev–Trinajstić information content (AvgIpc) is 2.38. The molecule has 0 aliphatic heterocycles. The van der Waals surface area contributed by atoms with Gasteiger partial charge < -0.3 is 15.4 Å². The fourth-order valence-electron chi connectivity index (χ4n) is 1.96. The van der Waals surface area contributed by atoms with Gasteiger partial charge in [-0.3, -0.25) is 0 Å². The molecule has 0 radical (unpaired) electrons. The van der Waals surface area contributed by atoms with Crippen molar-refractivity contribution in [3.8, 4) is 16.9 Å². The summed E-state index contributed by atoms with van der Waals surface area (Å²) in [5.41, 5.74) is 7.92. The van der Waals surface area contributed by atoms with Crippen molar-refractivity contribution < 1.29 is 17.9 Å². The van der Waals surface area contributed by atoms with Crippen LogP contribution in [0.25, 0.3) is 11.1 Å². The Kier molecular flexibility index (Phi) is 3.97. The molecule has 0 aliphatic carbocycles. The first-order valence-corrected chi connectivity index (χ1v) is 6.20. The van der Waals surface area contributed by atoms with Gasteiger partial charge in [-0.05, 0) is 24.3 Å². The zero-order chi connectivity index (χ0) is 15.6. The van der Waals surface area contributed by atoms with Crippen molar-refractivity contribution in [2.45, 2.75) is 6.36 Å². The quantitative estimate of drug-likeness (QED) is 0.873. The van der Waals surface area contributed by atoms with Crippen LogP contribution in [0.5, 0.6) is 5.75 Å². The number of nitrogens with two attached hydrogens (primary N) is 1. The van der Waals surface area contributed by atoms with Gasteiger partial charge in [0, 0.05) is 36.6 Å². The van der Waals surface area contributed by atoms with Gasteiger partial charge in [0.2, 0.25) is 0 Å². The van der Waals surface area contributed by atoms with E-state index in [9.17, 15) is 13.2 Å². The van der Waals surface area contributed by atoms with Gasteiger partial charge >= 0.3 is 6.36 Å². The Balaban J connectivity index is 2.54. The van der Waals surface area contributed by atoms with Crippen molar-refractivity contribution in [3.63, 3.8) is 0 Å². The maximum atomic E-state index is 12.5. The zero-order valence-electron chi connectivity index (χ0n) is 11.6. The molecule has 0 heterocycles. The minimum Gasteiger partial charge on any atom is -0.405 e. The number of hydrogen-bond donors (Lipinski definition) is 1. The molecule has 0 amide bonds. The van der Waals surface area contributed by atoms with Gasteiger partial charge in [-0.15, -0.1) is 13.2 Å². The van der Waals surface area contributed by atoms with Crippen molar-refractivity contribution >= 4 is 11.4 Å².